The molecule has 0 aliphatic heterocycles. The zero-order valence-corrected chi connectivity index (χ0v) is 23.1. The lowest BCUT2D eigenvalue weighted by molar-refractivity contribution is -0.114. The molecule has 33 heavy (non-hydrogen) atoms. The van der Waals surface area contributed by atoms with Crippen molar-refractivity contribution in [3.8, 4) is 0 Å². The van der Waals surface area contributed by atoms with Gasteiger partial charge in [0, 0.05) is 0 Å². The van der Waals surface area contributed by atoms with Crippen molar-refractivity contribution in [2.45, 2.75) is 143 Å². The molecule has 1 nitrogen and oxygen atoms in total. The van der Waals surface area contributed by atoms with E-state index < -0.39 is 0 Å². The molecule has 1 heteroatoms. The quantitative estimate of drug-likeness (QED) is 0.288. The lowest BCUT2D eigenvalue weighted by atomic mass is 9.44. The SMILES string of the molecule is CCCCCCCCNCCC[C@@H](C)C1CCC2C3CCC4CCCCC4(C)C3CCC21C. The van der Waals surface area contributed by atoms with Crippen molar-refractivity contribution in [3.05, 3.63) is 0 Å². The first-order chi connectivity index (χ1) is 16.0. The van der Waals surface area contributed by atoms with Crippen LogP contribution in [0, 0.1) is 46.3 Å². The summed E-state index contributed by atoms with van der Waals surface area (Å²) >= 11 is 0. The Morgan fingerprint density at radius 3 is 2.33 bits per heavy atom. The van der Waals surface area contributed by atoms with Crippen LogP contribution in [0.1, 0.15) is 143 Å². The lowest BCUT2D eigenvalue weighted by Crippen LogP contribution is -2.53. The summed E-state index contributed by atoms with van der Waals surface area (Å²) in [6.45, 7) is 12.9. The number of hydrogen-bond donors (Lipinski definition) is 1. The fourth-order valence-corrected chi connectivity index (χ4v) is 10.2. The molecule has 0 spiro atoms. The van der Waals surface area contributed by atoms with Crippen molar-refractivity contribution >= 4 is 0 Å². The van der Waals surface area contributed by atoms with E-state index in [0.29, 0.717) is 10.8 Å². The van der Waals surface area contributed by atoms with Gasteiger partial charge < -0.3 is 5.32 Å². The zero-order valence-electron chi connectivity index (χ0n) is 23.1. The summed E-state index contributed by atoms with van der Waals surface area (Å²) in [6.07, 6.45) is 26.8. The standard InChI is InChI=1S/C32H59N/c1-5-6-7-8-9-12-23-33-24-13-14-25(2)28-18-19-29-27-17-16-26-15-10-11-21-31(26,3)30(27)20-22-32(28,29)4/h25-30,33H,5-24H2,1-4H3/t25-,26?,27?,28?,29?,30?,31?,32?/m1/s1. The topological polar surface area (TPSA) is 12.0 Å². The first kappa shape index (κ1) is 26.0. The average molecular weight is 458 g/mol. The summed E-state index contributed by atoms with van der Waals surface area (Å²) < 4.78 is 0. The van der Waals surface area contributed by atoms with Gasteiger partial charge in [-0.15, -0.1) is 0 Å². The highest BCUT2D eigenvalue weighted by Crippen LogP contribution is 2.68. The second-order valence-electron chi connectivity index (χ2n) is 13.8. The summed E-state index contributed by atoms with van der Waals surface area (Å²) in [6, 6.07) is 0. The van der Waals surface area contributed by atoms with Crippen molar-refractivity contribution in [2.75, 3.05) is 13.1 Å². The van der Waals surface area contributed by atoms with Gasteiger partial charge in [-0.25, -0.2) is 0 Å². The first-order valence-corrected chi connectivity index (χ1v) is 15.7. The average Bonchev–Trinajstić information content (AvgIpc) is 3.17. The van der Waals surface area contributed by atoms with Crippen molar-refractivity contribution < 1.29 is 0 Å². The van der Waals surface area contributed by atoms with Gasteiger partial charge in [0.25, 0.3) is 0 Å². The molecule has 4 aliphatic carbocycles. The maximum absolute atomic E-state index is 3.76. The minimum Gasteiger partial charge on any atom is -0.317 e. The van der Waals surface area contributed by atoms with E-state index in [2.05, 4.69) is 33.0 Å². The highest BCUT2D eigenvalue weighted by Gasteiger charge is 2.59. The smallest absolute Gasteiger partial charge is 0.00488 e. The van der Waals surface area contributed by atoms with Gasteiger partial charge in [0.05, 0.1) is 0 Å². The highest BCUT2D eigenvalue weighted by molar-refractivity contribution is 5.09. The predicted molar refractivity (Wildman–Crippen MR) is 144 cm³/mol. The Kier molecular flexibility index (Phi) is 9.31. The summed E-state index contributed by atoms with van der Waals surface area (Å²) in [5.41, 5.74) is 1.36. The van der Waals surface area contributed by atoms with Crippen LogP contribution in [0.5, 0.6) is 0 Å². The second-order valence-corrected chi connectivity index (χ2v) is 13.8. The summed E-state index contributed by atoms with van der Waals surface area (Å²) in [5, 5.41) is 3.76. The molecular weight excluding hydrogens is 398 g/mol. The van der Waals surface area contributed by atoms with E-state index in [1.54, 1.807) is 44.9 Å². The van der Waals surface area contributed by atoms with E-state index in [0.717, 1.165) is 35.5 Å². The van der Waals surface area contributed by atoms with Crippen LogP contribution in [-0.4, -0.2) is 13.1 Å². The maximum Gasteiger partial charge on any atom is -0.00488 e. The van der Waals surface area contributed by atoms with Gasteiger partial charge >= 0.3 is 0 Å². The molecule has 4 aliphatic rings. The first-order valence-electron chi connectivity index (χ1n) is 15.7. The minimum absolute atomic E-state index is 0.657. The van der Waals surface area contributed by atoms with E-state index >= 15 is 0 Å². The molecule has 0 saturated heterocycles. The summed E-state index contributed by atoms with van der Waals surface area (Å²) in [4.78, 5) is 0. The number of unbranched alkanes of at least 4 members (excludes halogenated alkanes) is 5. The number of rotatable bonds is 12. The summed E-state index contributed by atoms with van der Waals surface area (Å²) in [5.74, 6) is 6.17. The van der Waals surface area contributed by atoms with Crippen LogP contribution in [-0.2, 0) is 0 Å². The third-order valence-corrected chi connectivity index (χ3v) is 12.1. The van der Waals surface area contributed by atoms with Crippen LogP contribution in [0.2, 0.25) is 0 Å². The van der Waals surface area contributed by atoms with E-state index in [4.69, 9.17) is 0 Å². The van der Waals surface area contributed by atoms with Gasteiger partial charge in [-0.05, 0) is 130 Å². The van der Waals surface area contributed by atoms with Crippen LogP contribution >= 0.6 is 0 Å². The van der Waals surface area contributed by atoms with Crippen LogP contribution in [0.4, 0.5) is 0 Å². The zero-order chi connectivity index (χ0) is 23.3. The van der Waals surface area contributed by atoms with E-state index in [-0.39, 0.29) is 0 Å². The fourth-order valence-electron chi connectivity index (χ4n) is 10.2. The van der Waals surface area contributed by atoms with Gasteiger partial charge in [-0.1, -0.05) is 72.6 Å². The molecule has 0 heterocycles. The Hall–Kier alpha value is -0.0400. The van der Waals surface area contributed by atoms with Crippen LogP contribution in [0.25, 0.3) is 0 Å². The van der Waals surface area contributed by atoms with Crippen LogP contribution < -0.4 is 5.32 Å². The van der Waals surface area contributed by atoms with Gasteiger partial charge in [0.1, 0.15) is 0 Å². The highest BCUT2D eigenvalue weighted by atomic mass is 14.8. The monoisotopic (exact) mass is 457 g/mol. The molecule has 0 bridgehead atoms. The molecule has 4 rings (SSSR count). The Morgan fingerprint density at radius 1 is 0.727 bits per heavy atom. The Bertz CT molecular complexity index is 585. The maximum atomic E-state index is 3.76. The molecule has 1 N–H and O–H groups in total. The number of nitrogens with one attached hydrogen (secondary N) is 1. The molecular formula is C32H59N. The molecule has 4 saturated carbocycles. The number of fused-ring (bicyclic) bond motifs is 5. The molecule has 0 aromatic heterocycles. The van der Waals surface area contributed by atoms with Gasteiger partial charge in [0.15, 0.2) is 0 Å². The molecule has 192 valence electrons. The van der Waals surface area contributed by atoms with Crippen molar-refractivity contribution in [1.82, 2.24) is 5.32 Å². The molecule has 4 fully saturated rings. The normalized spacial score (nSPS) is 41.3. The van der Waals surface area contributed by atoms with Gasteiger partial charge in [0.2, 0.25) is 0 Å². The molecule has 8 atom stereocenters. The molecule has 0 radical (unpaired) electrons. The van der Waals surface area contributed by atoms with Crippen molar-refractivity contribution in [1.29, 1.82) is 0 Å². The molecule has 0 amide bonds. The molecule has 7 unspecified atom stereocenters. The molecule has 0 aromatic rings. The third kappa shape index (κ3) is 5.54. The Labute approximate surface area is 208 Å². The predicted octanol–water partition coefficient (Wildman–Crippen LogP) is 9.40. The molecule has 0 aromatic carbocycles. The van der Waals surface area contributed by atoms with Crippen LogP contribution in [0.15, 0.2) is 0 Å². The third-order valence-electron chi connectivity index (χ3n) is 12.1. The van der Waals surface area contributed by atoms with Crippen LogP contribution in [0.3, 0.4) is 0 Å². The Balaban J connectivity index is 1.21. The number of hydrogen-bond acceptors (Lipinski definition) is 1. The Morgan fingerprint density at radius 2 is 1.48 bits per heavy atom. The van der Waals surface area contributed by atoms with Gasteiger partial charge in [-0.3, -0.25) is 0 Å². The van der Waals surface area contributed by atoms with E-state index in [1.165, 1.54) is 83.7 Å². The van der Waals surface area contributed by atoms with E-state index in [1.807, 2.05) is 0 Å². The second kappa shape index (κ2) is 11.8. The van der Waals surface area contributed by atoms with Crippen molar-refractivity contribution in [2.24, 2.45) is 46.3 Å². The lowest BCUT2D eigenvalue weighted by Gasteiger charge is -2.61. The van der Waals surface area contributed by atoms with Crippen molar-refractivity contribution in [3.63, 3.8) is 0 Å². The minimum atomic E-state index is 0.657. The summed E-state index contributed by atoms with van der Waals surface area (Å²) in [7, 11) is 0. The van der Waals surface area contributed by atoms with E-state index in [9.17, 15) is 0 Å². The largest absolute Gasteiger partial charge is 0.317 e. The fraction of sp³-hybridized carbons (Fsp3) is 1.00. The van der Waals surface area contributed by atoms with Gasteiger partial charge in [-0.2, -0.15) is 0 Å².